The highest BCUT2D eigenvalue weighted by Crippen LogP contribution is 2.32. The first-order chi connectivity index (χ1) is 12.7. The zero-order chi connectivity index (χ0) is 17.9. The van der Waals surface area contributed by atoms with Crippen molar-refractivity contribution in [2.24, 2.45) is 0 Å². The van der Waals surface area contributed by atoms with Crippen LogP contribution in [0, 0.1) is 0 Å². The number of aromatic nitrogens is 1. The lowest BCUT2D eigenvalue weighted by Gasteiger charge is -2.18. The fourth-order valence-electron chi connectivity index (χ4n) is 3.18. The summed E-state index contributed by atoms with van der Waals surface area (Å²) in [7, 11) is 0. The van der Waals surface area contributed by atoms with Gasteiger partial charge in [0, 0.05) is 30.0 Å². The summed E-state index contributed by atoms with van der Waals surface area (Å²) < 4.78 is 0. The van der Waals surface area contributed by atoms with Crippen molar-refractivity contribution in [3.63, 3.8) is 0 Å². The molecule has 0 saturated carbocycles. The maximum atomic E-state index is 12.4. The van der Waals surface area contributed by atoms with E-state index >= 15 is 0 Å². The van der Waals surface area contributed by atoms with E-state index in [-0.39, 0.29) is 5.91 Å². The lowest BCUT2D eigenvalue weighted by atomic mass is 10.2. The van der Waals surface area contributed by atoms with Crippen LogP contribution in [0.3, 0.4) is 0 Å². The van der Waals surface area contributed by atoms with Gasteiger partial charge < -0.3 is 10.2 Å². The van der Waals surface area contributed by atoms with Crippen molar-refractivity contribution in [3.8, 4) is 0 Å². The van der Waals surface area contributed by atoms with E-state index in [0.29, 0.717) is 17.1 Å². The van der Waals surface area contributed by atoms with Crippen LogP contribution in [0.15, 0.2) is 66.9 Å². The highest BCUT2D eigenvalue weighted by atomic mass is 35.5. The van der Waals surface area contributed by atoms with Gasteiger partial charge in [0.1, 0.15) is 5.82 Å². The normalized spacial score (nSPS) is 12.7. The van der Waals surface area contributed by atoms with Crippen LogP contribution in [-0.2, 0) is 13.0 Å². The topological polar surface area (TPSA) is 45.2 Å². The van der Waals surface area contributed by atoms with Gasteiger partial charge in [-0.05, 0) is 41.8 Å². The second kappa shape index (κ2) is 7.18. The van der Waals surface area contributed by atoms with Gasteiger partial charge in [-0.15, -0.1) is 0 Å². The zero-order valence-corrected chi connectivity index (χ0v) is 14.9. The standard InChI is InChI=1S/C21H18ClN3O/c22-18-7-3-1-6-16(18)13-24-21(26)17-9-10-20(23-14-17)25-12-11-15-5-2-4-8-19(15)25/h1-10,14H,11-13H2,(H,24,26). The number of hydrogen-bond acceptors (Lipinski definition) is 3. The molecule has 0 aliphatic carbocycles. The van der Waals surface area contributed by atoms with E-state index in [9.17, 15) is 4.79 Å². The Morgan fingerprint density at radius 3 is 2.69 bits per heavy atom. The van der Waals surface area contributed by atoms with Crippen LogP contribution in [0.2, 0.25) is 5.02 Å². The minimum absolute atomic E-state index is 0.161. The van der Waals surface area contributed by atoms with E-state index in [0.717, 1.165) is 24.3 Å². The van der Waals surface area contributed by atoms with Crippen LogP contribution in [-0.4, -0.2) is 17.4 Å². The van der Waals surface area contributed by atoms with Crippen LogP contribution < -0.4 is 10.2 Å². The van der Waals surface area contributed by atoms with Gasteiger partial charge in [-0.3, -0.25) is 4.79 Å². The number of benzene rings is 2. The molecule has 1 amide bonds. The van der Waals surface area contributed by atoms with Crippen LogP contribution in [0.4, 0.5) is 11.5 Å². The molecule has 0 atom stereocenters. The lowest BCUT2D eigenvalue weighted by Crippen LogP contribution is -2.23. The molecule has 4 nitrogen and oxygen atoms in total. The Morgan fingerprint density at radius 1 is 1.08 bits per heavy atom. The Kier molecular flexibility index (Phi) is 4.59. The van der Waals surface area contributed by atoms with Crippen LogP contribution in [0.25, 0.3) is 0 Å². The second-order valence-corrected chi connectivity index (χ2v) is 6.62. The van der Waals surface area contributed by atoms with E-state index in [1.807, 2.05) is 42.5 Å². The third-order valence-electron chi connectivity index (χ3n) is 4.57. The van der Waals surface area contributed by atoms with Crippen molar-refractivity contribution in [3.05, 3.63) is 88.6 Å². The van der Waals surface area contributed by atoms with Crippen molar-refractivity contribution in [1.29, 1.82) is 0 Å². The first-order valence-electron chi connectivity index (χ1n) is 8.55. The zero-order valence-electron chi connectivity index (χ0n) is 14.2. The average Bonchev–Trinajstić information content (AvgIpc) is 3.11. The Hall–Kier alpha value is -2.85. The highest BCUT2D eigenvalue weighted by molar-refractivity contribution is 6.31. The van der Waals surface area contributed by atoms with Crippen LogP contribution >= 0.6 is 11.6 Å². The number of carbonyl (C=O) groups is 1. The van der Waals surface area contributed by atoms with Gasteiger partial charge in [0.25, 0.3) is 5.91 Å². The molecule has 0 saturated heterocycles. The molecule has 2 heterocycles. The average molecular weight is 364 g/mol. The summed E-state index contributed by atoms with van der Waals surface area (Å²) in [6.45, 7) is 1.30. The minimum atomic E-state index is -0.161. The molecule has 1 N–H and O–H groups in total. The maximum absolute atomic E-state index is 12.4. The first kappa shape index (κ1) is 16.6. The maximum Gasteiger partial charge on any atom is 0.253 e. The number of amides is 1. The van der Waals surface area contributed by atoms with Gasteiger partial charge in [-0.25, -0.2) is 4.98 Å². The number of nitrogens with one attached hydrogen (secondary N) is 1. The summed E-state index contributed by atoms with van der Waals surface area (Å²) >= 11 is 6.12. The number of hydrogen-bond donors (Lipinski definition) is 1. The largest absolute Gasteiger partial charge is 0.348 e. The van der Waals surface area contributed by atoms with Crippen molar-refractivity contribution in [2.45, 2.75) is 13.0 Å². The number of rotatable bonds is 4. The number of pyridine rings is 1. The molecule has 2 aromatic carbocycles. The molecule has 1 aliphatic heterocycles. The molecular weight excluding hydrogens is 346 g/mol. The lowest BCUT2D eigenvalue weighted by molar-refractivity contribution is 0.0950. The number of nitrogens with zero attached hydrogens (tertiary/aromatic N) is 2. The molecule has 0 fully saturated rings. The Balaban J connectivity index is 1.45. The molecule has 0 radical (unpaired) electrons. The summed E-state index contributed by atoms with van der Waals surface area (Å²) in [5, 5.41) is 3.53. The van der Waals surface area contributed by atoms with Gasteiger partial charge in [0.2, 0.25) is 0 Å². The number of para-hydroxylation sites is 1. The molecule has 5 heteroatoms. The van der Waals surface area contributed by atoms with Gasteiger partial charge in [-0.2, -0.15) is 0 Å². The summed E-state index contributed by atoms with van der Waals surface area (Å²) in [5.74, 6) is 0.698. The van der Waals surface area contributed by atoms with Crippen LogP contribution in [0.1, 0.15) is 21.5 Å². The monoisotopic (exact) mass is 363 g/mol. The summed E-state index contributed by atoms with van der Waals surface area (Å²) in [6.07, 6.45) is 2.64. The fraction of sp³-hybridized carbons (Fsp3) is 0.143. The summed E-state index contributed by atoms with van der Waals surface area (Å²) in [5.41, 5.74) is 3.95. The minimum Gasteiger partial charge on any atom is -0.348 e. The molecule has 0 spiro atoms. The van der Waals surface area contributed by atoms with Crippen molar-refractivity contribution in [1.82, 2.24) is 10.3 Å². The first-order valence-corrected chi connectivity index (χ1v) is 8.93. The van der Waals surface area contributed by atoms with E-state index < -0.39 is 0 Å². The molecule has 1 aliphatic rings. The number of carbonyl (C=O) groups excluding carboxylic acids is 1. The Labute approximate surface area is 157 Å². The number of halogens is 1. The van der Waals surface area contributed by atoms with E-state index in [1.165, 1.54) is 11.3 Å². The Morgan fingerprint density at radius 2 is 1.88 bits per heavy atom. The molecule has 0 bridgehead atoms. The molecule has 3 aromatic rings. The Bertz CT molecular complexity index is 940. The fourth-order valence-corrected chi connectivity index (χ4v) is 3.38. The molecular formula is C21H18ClN3O. The number of anilines is 2. The van der Waals surface area contributed by atoms with E-state index in [4.69, 9.17) is 11.6 Å². The van der Waals surface area contributed by atoms with Crippen molar-refractivity contribution in [2.75, 3.05) is 11.4 Å². The molecule has 4 rings (SSSR count). The van der Waals surface area contributed by atoms with E-state index in [1.54, 1.807) is 6.20 Å². The summed E-state index contributed by atoms with van der Waals surface area (Å²) in [6, 6.07) is 19.5. The predicted molar refractivity (Wildman–Crippen MR) is 104 cm³/mol. The van der Waals surface area contributed by atoms with Gasteiger partial charge >= 0.3 is 0 Å². The summed E-state index contributed by atoms with van der Waals surface area (Å²) in [4.78, 5) is 19.0. The smallest absolute Gasteiger partial charge is 0.253 e. The molecule has 130 valence electrons. The van der Waals surface area contributed by atoms with Crippen molar-refractivity contribution < 1.29 is 4.79 Å². The molecule has 1 aromatic heterocycles. The van der Waals surface area contributed by atoms with Gasteiger partial charge in [-0.1, -0.05) is 48.0 Å². The molecule has 0 unspecified atom stereocenters. The number of fused-ring (bicyclic) bond motifs is 1. The highest BCUT2D eigenvalue weighted by Gasteiger charge is 2.20. The molecule has 26 heavy (non-hydrogen) atoms. The van der Waals surface area contributed by atoms with Gasteiger partial charge in [0.15, 0.2) is 0 Å². The van der Waals surface area contributed by atoms with Gasteiger partial charge in [0.05, 0.1) is 5.56 Å². The predicted octanol–water partition coefficient (Wildman–Crippen LogP) is 4.36. The second-order valence-electron chi connectivity index (χ2n) is 6.21. The SMILES string of the molecule is O=C(NCc1ccccc1Cl)c1ccc(N2CCc3ccccc32)nc1. The van der Waals surface area contributed by atoms with Crippen LogP contribution in [0.5, 0.6) is 0 Å². The quantitative estimate of drug-likeness (QED) is 0.749. The third kappa shape index (κ3) is 3.28. The van der Waals surface area contributed by atoms with Crippen molar-refractivity contribution >= 4 is 29.0 Å². The third-order valence-corrected chi connectivity index (χ3v) is 4.94. The van der Waals surface area contributed by atoms with E-state index in [2.05, 4.69) is 33.4 Å².